The number of aliphatic imine (C=N–C) groups is 1. The number of nitrogens with one attached hydrogen (secondary N) is 1. The standard InChI is InChI=1S/C16H29N3O2S.HI/c1-17-15(18-11-14-12-20-8-9-21-14)19-7-10-22-16(13-19)5-3-2-4-6-16;/h14H,2-13H2,1H3,(H,17,18);1H. The van der Waals surface area contributed by atoms with Crippen molar-refractivity contribution in [1.82, 2.24) is 10.2 Å². The summed E-state index contributed by atoms with van der Waals surface area (Å²) in [5, 5.41) is 3.49. The number of guanidine groups is 1. The zero-order valence-corrected chi connectivity index (χ0v) is 17.2. The fourth-order valence-electron chi connectivity index (χ4n) is 3.72. The molecule has 1 unspecified atom stereocenters. The lowest BCUT2D eigenvalue weighted by molar-refractivity contribution is -0.0851. The van der Waals surface area contributed by atoms with Crippen LogP contribution < -0.4 is 5.32 Å². The lowest BCUT2D eigenvalue weighted by atomic mass is 9.87. The van der Waals surface area contributed by atoms with Crippen molar-refractivity contribution in [1.29, 1.82) is 0 Å². The molecule has 7 heteroatoms. The van der Waals surface area contributed by atoms with Crippen LogP contribution in [0.15, 0.2) is 4.99 Å². The van der Waals surface area contributed by atoms with E-state index in [-0.39, 0.29) is 30.1 Å². The maximum absolute atomic E-state index is 5.70. The van der Waals surface area contributed by atoms with E-state index in [1.807, 2.05) is 7.05 Å². The minimum Gasteiger partial charge on any atom is -0.376 e. The first-order valence-electron chi connectivity index (χ1n) is 8.60. The van der Waals surface area contributed by atoms with Crippen LogP contribution in [-0.4, -0.2) is 74.0 Å². The summed E-state index contributed by atoms with van der Waals surface area (Å²) in [7, 11) is 1.88. The molecule has 0 aromatic heterocycles. The van der Waals surface area contributed by atoms with Crippen molar-refractivity contribution in [2.45, 2.75) is 43.0 Å². The molecule has 1 saturated carbocycles. The third-order valence-corrected chi connectivity index (χ3v) is 6.43. The highest BCUT2D eigenvalue weighted by Gasteiger charge is 2.38. The summed E-state index contributed by atoms with van der Waals surface area (Å²) < 4.78 is 11.6. The molecule has 0 aromatic rings. The van der Waals surface area contributed by atoms with E-state index in [0.717, 1.165) is 32.2 Å². The summed E-state index contributed by atoms with van der Waals surface area (Å²) >= 11 is 2.20. The lowest BCUT2D eigenvalue weighted by Crippen LogP contribution is -2.54. The molecule has 5 nitrogen and oxygen atoms in total. The summed E-state index contributed by atoms with van der Waals surface area (Å²) in [4.78, 5) is 6.95. The molecule has 134 valence electrons. The SMILES string of the molecule is CN=C(NCC1COCCO1)N1CCSC2(CCCCC2)C1.I. The minimum absolute atomic E-state index is 0. The van der Waals surface area contributed by atoms with Crippen molar-refractivity contribution >= 4 is 41.7 Å². The van der Waals surface area contributed by atoms with Crippen LogP contribution in [-0.2, 0) is 9.47 Å². The quantitative estimate of drug-likeness (QED) is 0.394. The van der Waals surface area contributed by atoms with Crippen molar-refractivity contribution in [2.75, 3.05) is 52.3 Å². The molecule has 3 rings (SSSR count). The maximum atomic E-state index is 5.70. The fraction of sp³-hybridized carbons (Fsp3) is 0.938. The highest BCUT2D eigenvalue weighted by Crippen LogP contribution is 2.42. The number of hydrogen-bond acceptors (Lipinski definition) is 4. The van der Waals surface area contributed by atoms with Crippen LogP contribution in [0.25, 0.3) is 0 Å². The molecule has 2 saturated heterocycles. The van der Waals surface area contributed by atoms with Gasteiger partial charge >= 0.3 is 0 Å². The van der Waals surface area contributed by atoms with Gasteiger partial charge in [0.25, 0.3) is 0 Å². The van der Waals surface area contributed by atoms with Gasteiger partial charge in [-0.25, -0.2) is 0 Å². The Kier molecular flexibility index (Phi) is 8.24. The summed E-state index contributed by atoms with van der Waals surface area (Å²) in [5.74, 6) is 2.24. The van der Waals surface area contributed by atoms with Gasteiger partial charge in [-0.05, 0) is 12.8 Å². The summed E-state index contributed by atoms with van der Waals surface area (Å²) in [6, 6.07) is 0. The number of ether oxygens (including phenoxy) is 2. The van der Waals surface area contributed by atoms with Gasteiger partial charge in [0, 0.05) is 37.2 Å². The highest BCUT2D eigenvalue weighted by molar-refractivity contribution is 14.0. The number of halogens is 1. The third kappa shape index (κ3) is 5.37. The average Bonchev–Trinajstić information content (AvgIpc) is 2.57. The van der Waals surface area contributed by atoms with E-state index in [2.05, 4.69) is 27.0 Å². The van der Waals surface area contributed by atoms with Crippen molar-refractivity contribution in [3.63, 3.8) is 0 Å². The average molecular weight is 455 g/mol. The van der Waals surface area contributed by atoms with Crippen molar-refractivity contribution in [3.05, 3.63) is 0 Å². The molecule has 3 aliphatic rings. The lowest BCUT2D eigenvalue weighted by Gasteiger charge is -2.45. The van der Waals surface area contributed by atoms with Crippen LogP contribution >= 0.6 is 35.7 Å². The van der Waals surface area contributed by atoms with Crippen LogP contribution in [0.3, 0.4) is 0 Å². The van der Waals surface area contributed by atoms with Gasteiger partial charge in [-0.3, -0.25) is 4.99 Å². The second kappa shape index (κ2) is 9.68. The summed E-state index contributed by atoms with van der Waals surface area (Å²) in [6.07, 6.45) is 7.07. The molecule has 0 amide bonds. The van der Waals surface area contributed by atoms with Crippen LogP contribution in [0.2, 0.25) is 0 Å². The van der Waals surface area contributed by atoms with Gasteiger partial charge in [0.05, 0.1) is 25.9 Å². The van der Waals surface area contributed by atoms with E-state index in [0.29, 0.717) is 18.0 Å². The molecule has 2 heterocycles. The minimum atomic E-state index is 0. The predicted octanol–water partition coefficient (Wildman–Crippen LogP) is 2.35. The normalized spacial score (nSPS) is 28.3. The molecule has 3 fully saturated rings. The number of hydrogen-bond donors (Lipinski definition) is 1. The fourth-order valence-corrected chi connectivity index (χ4v) is 5.29. The van der Waals surface area contributed by atoms with Crippen LogP contribution in [0.4, 0.5) is 0 Å². The smallest absolute Gasteiger partial charge is 0.193 e. The molecular formula is C16H30IN3O2S. The van der Waals surface area contributed by atoms with E-state index in [9.17, 15) is 0 Å². The zero-order valence-electron chi connectivity index (χ0n) is 14.1. The van der Waals surface area contributed by atoms with Crippen LogP contribution in [0.1, 0.15) is 32.1 Å². The molecule has 23 heavy (non-hydrogen) atoms. The highest BCUT2D eigenvalue weighted by atomic mass is 127. The first-order valence-corrected chi connectivity index (χ1v) is 9.59. The van der Waals surface area contributed by atoms with Gasteiger partial charge in [0.1, 0.15) is 0 Å². The van der Waals surface area contributed by atoms with Crippen molar-refractivity contribution in [3.8, 4) is 0 Å². The second-order valence-electron chi connectivity index (χ2n) is 6.51. The second-order valence-corrected chi connectivity index (χ2v) is 8.07. The third-order valence-electron chi connectivity index (χ3n) is 4.90. The van der Waals surface area contributed by atoms with E-state index in [1.165, 1.54) is 37.9 Å². The molecule has 1 spiro atoms. The Morgan fingerprint density at radius 2 is 2.13 bits per heavy atom. The van der Waals surface area contributed by atoms with Crippen molar-refractivity contribution < 1.29 is 9.47 Å². The first-order chi connectivity index (χ1) is 10.8. The van der Waals surface area contributed by atoms with E-state index in [4.69, 9.17) is 9.47 Å². The number of rotatable bonds is 2. The van der Waals surface area contributed by atoms with Crippen LogP contribution in [0, 0.1) is 0 Å². The Morgan fingerprint density at radius 3 is 2.83 bits per heavy atom. The summed E-state index contributed by atoms with van der Waals surface area (Å²) in [6.45, 7) is 5.12. The Hall–Kier alpha value is 0.270. The Labute approximate surface area is 161 Å². The Morgan fingerprint density at radius 1 is 1.30 bits per heavy atom. The largest absolute Gasteiger partial charge is 0.376 e. The number of thioether (sulfide) groups is 1. The van der Waals surface area contributed by atoms with Crippen LogP contribution in [0.5, 0.6) is 0 Å². The Balaban J connectivity index is 0.00000192. The molecule has 2 aliphatic heterocycles. The molecule has 1 aliphatic carbocycles. The van der Waals surface area contributed by atoms with Gasteiger partial charge in [-0.2, -0.15) is 11.8 Å². The van der Waals surface area contributed by atoms with Gasteiger partial charge in [0.2, 0.25) is 0 Å². The van der Waals surface area contributed by atoms with E-state index < -0.39 is 0 Å². The van der Waals surface area contributed by atoms with E-state index >= 15 is 0 Å². The zero-order chi connectivity index (χ0) is 15.3. The predicted molar refractivity (Wildman–Crippen MR) is 107 cm³/mol. The van der Waals surface area contributed by atoms with Gasteiger partial charge in [0.15, 0.2) is 5.96 Å². The molecule has 0 aromatic carbocycles. The van der Waals surface area contributed by atoms with Crippen molar-refractivity contribution in [2.24, 2.45) is 4.99 Å². The van der Waals surface area contributed by atoms with Gasteiger partial charge in [-0.1, -0.05) is 19.3 Å². The summed E-state index contributed by atoms with van der Waals surface area (Å²) in [5.41, 5.74) is 0. The first kappa shape index (κ1) is 19.6. The molecule has 1 atom stereocenters. The molecule has 1 N–H and O–H groups in total. The topological polar surface area (TPSA) is 46.1 Å². The Bertz CT molecular complexity index is 380. The molecular weight excluding hydrogens is 425 g/mol. The number of nitrogens with zero attached hydrogens (tertiary/aromatic N) is 2. The van der Waals surface area contributed by atoms with Gasteiger partial charge in [-0.15, -0.1) is 24.0 Å². The van der Waals surface area contributed by atoms with Gasteiger partial charge < -0.3 is 19.7 Å². The maximum Gasteiger partial charge on any atom is 0.193 e. The molecule has 0 radical (unpaired) electrons. The monoisotopic (exact) mass is 455 g/mol. The van der Waals surface area contributed by atoms with E-state index in [1.54, 1.807) is 0 Å². The molecule has 0 bridgehead atoms.